The van der Waals surface area contributed by atoms with Crippen LogP contribution in [0.1, 0.15) is 20.8 Å². The van der Waals surface area contributed by atoms with Crippen LogP contribution in [0.4, 0.5) is 16.3 Å². The van der Waals surface area contributed by atoms with E-state index >= 15 is 0 Å². The van der Waals surface area contributed by atoms with Crippen LogP contribution in [0.15, 0.2) is 18.5 Å². The summed E-state index contributed by atoms with van der Waals surface area (Å²) in [5.74, 6) is 0.836. The minimum absolute atomic E-state index is 0.272. The predicted octanol–water partition coefficient (Wildman–Crippen LogP) is 3.38. The standard InChI is InChI=1S/C18H24ClN5O2/c1-18(2,3)26-17(25)24-7-5-23(6-8-24)16-12-9-13(19)15(20-4)10-14(12)21-11-22-16/h9-11,20H,5-8H2,1-4H3. The van der Waals surface area contributed by atoms with Crippen molar-refractivity contribution in [2.24, 2.45) is 0 Å². The summed E-state index contributed by atoms with van der Waals surface area (Å²) in [5, 5.41) is 4.59. The van der Waals surface area contributed by atoms with E-state index in [4.69, 9.17) is 16.3 Å². The van der Waals surface area contributed by atoms with Gasteiger partial charge < -0.3 is 19.9 Å². The Labute approximate surface area is 158 Å². The molecular formula is C18H24ClN5O2. The van der Waals surface area contributed by atoms with Crippen molar-refractivity contribution in [1.29, 1.82) is 0 Å². The number of anilines is 2. The lowest BCUT2D eigenvalue weighted by molar-refractivity contribution is 0.0240. The molecular weight excluding hydrogens is 354 g/mol. The fourth-order valence-electron chi connectivity index (χ4n) is 2.93. The van der Waals surface area contributed by atoms with Gasteiger partial charge in [-0.3, -0.25) is 0 Å². The Kier molecular flexibility index (Phi) is 5.09. The van der Waals surface area contributed by atoms with Gasteiger partial charge in [0.1, 0.15) is 17.7 Å². The van der Waals surface area contributed by atoms with Crippen LogP contribution in [0.25, 0.3) is 10.9 Å². The van der Waals surface area contributed by atoms with Gasteiger partial charge in [0.15, 0.2) is 0 Å². The highest BCUT2D eigenvalue weighted by Crippen LogP contribution is 2.31. The van der Waals surface area contributed by atoms with Crippen molar-refractivity contribution in [3.8, 4) is 0 Å². The fourth-order valence-corrected chi connectivity index (χ4v) is 3.19. The lowest BCUT2D eigenvalue weighted by Gasteiger charge is -2.36. The molecule has 0 aliphatic carbocycles. The highest BCUT2D eigenvalue weighted by Gasteiger charge is 2.27. The first-order chi connectivity index (χ1) is 12.3. The maximum atomic E-state index is 12.2. The molecule has 0 saturated carbocycles. The smallest absolute Gasteiger partial charge is 0.410 e. The normalized spacial score (nSPS) is 15.3. The van der Waals surface area contributed by atoms with Crippen molar-refractivity contribution >= 4 is 40.1 Å². The van der Waals surface area contributed by atoms with Gasteiger partial charge in [-0.25, -0.2) is 14.8 Å². The molecule has 7 nitrogen and oxygen atoms in total. The van der Waals surface area contributed by atoms with Gasteiger partial charge in [0, 0.05) is 38.6 Å². The molecule has 1 aliphatic heterocycles. The average molecular weight is 378 g/mol. The van der Waals surface area contributed by atoms with Crippen molar-refractivity contribution in [3.05, 3.63) is 23.5 Å². The Balaban J connectivity index is 1.77. The summed E-state index contributed by atoms with van der Waals surface area (Å²) in [6.45, 7) is 8.14. The largest absolute Gasteiger partial charge is 0.444 e. The fraction of sp³-hybridized carbons (Fsp3) is 0.500. The van der Waals surface area contributed by atoms with Crippen LogP contribution in [0.2, 0.25) is 5.02 Å². The summed E-state index contributed by atoms with van der Waals surface area (Å²) in [4.78, 5) is 24.9. The lowest BCUT2D eigenvalue weighted by atomic mass is 10.2. The predicted molar refractivity (Wildman–Crippen MR) is 104 cm³/mol. The van der Waals surface area contributed by atoms with Gasteiger partial charge in [0.2, 0.25) is 0 Å². The lowest BCUT2D eigenvalue weighted by Crippen LogP contribution is -2.50. The number of aromatic nitrogens is 2. The molecule has 3 rings (SSSR count). The number of benzene rings is 1. The third kappa shape index (κ3) is 3.93. The average Bonchev–Trinajstić information content (AvgIpc) is 2.59. The number of fused-ring (bicyclic) bond motifs is 1. The Morgan fingerprint density at radius 1 is 1.19 bits per heavy atom. The van der Waals surface area contributed by atoms with Crippen LogP contribution < -0.4 is 10.2 Å². The molecule has 2 heterocycles. The Hall–Kier alpha value is -2.28. The monoisotopic (exact) mass is 377 g/mol. The highest BCUT2D eigenvalue weighted by atomic mass is 35.5. The van der Waals surface area contributed by atoms with Crippen molar-refractivity contribution in [1.82, 2.24) is 14.9 Å². The zero-order valence-electron chi connectivity index (χ0n) is 15.5. The SMILES string of the molecule is CNc1cc2ncnc(N3CCN(C(=O)OC(C)(C)C)CC3)c2cc1Cl. The second kappa shape index (κ2) is 7.15. The third-order valence-electron chi connectivity index (χ3n) is 4.20. The van der Waals surface area contributed by atoms with Crippen LogP contribution in [-0.2, 0) is 4.74 Å². The molecule has 1 N–H and O–H groups in total. The number of ether oxygens (including phenoxy) is 1. The van der Waals surface area contributed by atoms with Crippen LogP contribution in [-0.4, -0.2) is 59.8 Å². The van der Waals surface area contributed by atoms with Crippen LogP contribution in [0.5, 0.6) is 0 Å². The van der Waals surface area contributed by atoms with E-state index in [-0.39, 0.29) is 6.09 Å². The molecule has 0 radical (unpaired) electrons. The molecule has 0 spiro atoms. The van der Waals surface area contributed by atoms with E-state index in [1.807, 2.05) is 40.0 Å². The topological polar surface area (TPSA) is 70.6 Å². The second-order valence-corrected chi connectivity index (χ2v) is 7.66. The van der Waals surface area contributed by atoms with E-state index in [2.05, 4.69) is 20.2 Å². The molecule has 1 fully saturated rings. The number of carbonyl (C=O) groups excluding carboxylic acids is 1. The van der Waals surface area contributed by atoms with Crippen LogP contribution >= 0.6 is 11.6 Å². The molecule has 26 heavy (non-hydrogen) atoms. The first-order valence-electron chi connectivity index (χ1n) is 8.63. The molecule has 0 unspecified atom stereocenters. The van der Waals surface area contributed by atoms with E-state index in [0.717, 1.165) is 22.4 Å². The number of rotatable bonds is 2. The van der Waals surface area contributed by atoms with Crippen LogP contribution in [0.3, 0.4) is 0 Å². The van der Waals surface area contributed by atoms with Gasteiger partial charge in [0.25, 0.3) is 0 Å². The number of nitrogens with zero attached hydrogens (tertiary/aromatic N) is 4. The summed E-state index contributed by atoms with van der Waals surface area (Å²) < 4.78 is 5.45. The molecule has 1 aromatic heterocycles. The maximum absolute atomic E-state index is 12.2. The molecule has 0 atom stereocenters. The third-order valence-corrected chi connectivity index (χ3v) is 4.52. The summed E-state index contributed by atoms with van der Waals surface area (Å²) in [6, 6.07) is 3.80. The van der Waals surface area contributed by atoms with Crippen molar-refractivity contribution in [2.75, 3.05) is 43.4 Å². The number of nitrogens with one attached hydrogen (secondary N) is 1. The number of hydrogen-bond acceptors (Lipinski definition) is 6. The van der Waals surface area contributed by atoms with Gasteiger partial charge in [-0.2, -0.15) is 0 Å². The van der Waals surface area contributed by atoms with E-state index < -0.39 is 5.60 Å². The van der Waals surface area contributed by atoms with E-state index in [0.29, 0.717) is 31.2 Å². The highest BCUT2D eigenvalue weighted by molar-refractivity contribution is 6.34. The quantitative estimate of drug-likeness (QED) is 0.865. The Morgan fingerprint density at radius 2 is 1.88 bits per heavy atom. The first kappa shape index (κ1) is 18.5. The second-order valence-electron chi connectivity index (χ2n) is 7.25. The summed E-state index contributed by atoms with van der Waals surface area (Å²) in [6.07, 6.45) is 1.29. The van der Waals surface area contributed by atoms with Crippen molar-refractivity contribution in [2.45, 2.75) is 26.4 Å². The zero-order chi connectivity index (χ0) is 18.9. The number of hydrogen-bond donors (Lipinski definition) is 1. The molecule has 140 valence electrons. The van der Waals surface area contributed by atoms with E-state index in [9.17, 15) is 4.79 Å². The van der Waals surface area contributed by atoms with Gasteiger partial charge in [-0.1, -0.05) is 11.6 Å². The molecule has 8 heteroatoms. The van der Waals surface area contributed by atoms with Gasteiger partial charge in [0.05, 0.1) is 16.2 Å². The molecule has 1 aliphatic rings. The number of amides is 1. The van der Waals surface area contributed by atoms with Crippen LogP contribution in [0, 0.1) is 0 Å². The number of carbonyl (C=O) groups is 1. The minimum atomic E-state index is -0.487. The summed E-state index contributed by atoms with van der Waals surface area (Å²) in [5.41, 5.74) is 1.18. The molecule has 0 bridgehead atoms. The van der Waals surface area contributed by atoms with E-state index in [1.54, 1.807) is 11.2 Å². The minimum Gasteiger partial charge on any atom is -0.444 e. The Morgan fingerprint density at radius 3 is 2.50 bits per heavy atom. The molecule has 2 aromatic rings. The summed E-state index contributed by atoms with van der Waals surface area (Å²) in [7, 11) is 1.82. The first-order valence-corrected chi connectivity index (χ1v) is 9.01. The Bertz CT molecular complexity index is 813. The molecule has 1 aromatic carbocycles. The van der Waals surface area contributed by atoms with Gasteiger partial charge in [-0.05, 0) is 32.9 Å². The van der Waals surface area contributed by atoms with Gasteiger partial charge in [-0.15, -0.1) is 0 Å². The molecule has 1 saturated heterocycles. The van der Waals surface area contributed by atoms with Gasteiger partial charge >= 0.3 is 6.09 Å². The van der Waals surface area contributed by atoms with Crippen molar-refractivity contribution in [3.63, 3.8) is 0 Å². The zero-order valence-corrected chi connectivity index (χ0v) is 16.3. The maximum Gasteiger partial charge on any atom is 0.410 e. The number of halogens is 1. The van der Waals surface area contributed by atoms with Crippen molar-refractivity contribution < 1.29 is 9.53 Å². The number of piperazine rings is 1. The van der Waals surface area contributed by atoms with E-state index in [1.165, 1.54) is 0 Å². The molecule has 1 amide bonds. The summed E-state index contributed by atoms with van der Waals surface area (Å²) >= 11 is 6.33.